The van der Waals surface area contributed by atoms with Crippen LogP contribution in [0.2, 0.25) is 0 Å². The molecule has 33 heavy (non-hydrogen) atoms. The van der Waals surface area contributed by atoms with Crippen LogP contribution in [-0.4, -0.2) is 21.8 Å². The van der Waals surface area contributed by atoms with Gasteiger partial charge in [-0.05, 0) is 67.3 Å². The highest BCUT2D eigenvalue weighted by atomic mass is 16.2. The van der Waals surface area contributed by atoms with E-state index in [0.717, 1.165) is 28.6 Å². The van der Waals surface area contributed by atoms with Crippen LogP contribution in [0.15, 0.2) is 77.6 Å². The summed E-state index contributed by atoms with van der Waals surface area (Å²) in [6.07, 6.45) is 1.84. The van der Waals surface area contributed by atoms with Gasteiger partial charge in [0.1, 0.15) is 0 Å². The number of rotatable bonds is 8. The molecule has 168 valence electrons. The summed E-state index contributed by atoms with van der Waals surface area (Å²) in [5, 5.41) is 5.92. The third-order valence-corrected chi connectivity index (χ3v) is 5.51. The molecule has 0 saturated carbocycles. The summed E-state index contributed by atoms with van der Waals surface area (Å²) < 4.78 is 0. The Kier molecular flexibility index (Phi) is 6.69. The smallest absolute Gasteiger partial charge is 0.323 e. The molecule has 3 aromatic carbocycles. The molecule has 4 N–H and O–H groups in total. The molecule has 1 unspecified atom stereocenters. The first-order chi connectivity index (χ1) is 16.0. The summed E-state index contributed by atoms with van der Waals surface area (Å²) in [7, 11) is 0. The van der Waals surface area contributed by atoms with Crippen LogP contribution in [0.3, 0.4) is 0 Å². The van der Waals surface area contributed by atoms with Crippen LogP contribution in [0.25, 0.3) is 11.0 Å². The van der Waals surface area contributed by atoms with E-state index < -0.39 is 0 Å². The van der Waals surface area contributed by atoms with E-state index in [2.05, 4.69) is 20.6 Å². The summed E-state index contributed by atoms with van der Waals surface area (Å²) in [6.45, 7) is 1.92. The van der Waals surface area contributed by atoms with Gasteiger partial charge in [-0.25, -0.2) is 4.79 Å². The van der Waals surface area contributed by atoms with Gasteiger partial charge >= 0.3 is 5.69 Å². The van der Waals surface area contributed by atoms with Gasteiger partial charge in [-0.1, -0.05) is 36.4 Å². The second-order valence-corrected chi connectivity index (χ2v) is 8.05. The SMILES string of the molecule is CC(NC(=O)CCCc1ccc2[nH]c(=O)[nH]c2c1)c1cccc(NC(=O)c2ccccc2)c1. The molecule has 0 aliphatic carbocycles. The van der Waals surface area contributed by atoms with Gasteiger partial charge in [-0.3, -0.25) is 9.59 Å². The molecule has 0 fully saturated rings. The minimum absolute atomic E-state index is 0.0302. The van der Waals surface area contributed by atoms with Crippen molar-refractivity contribution in [3.8, 4) is 0 Å². The van der Waals surface area contributed by atoms with Crippen molar-refractivity contribution in [1.82, 2.24) is 15.3 Å². The monoisotopic (exact) mass is 442 g/mol. The van der Waals surface area contributed by atoms with E-state index in [1.165, 1.54) is 0 Å². The fourth-order valence-electron chi connectivity index (χ4n) is 3.76. The maximum atomic E-state index is 12.4. The second kappa shape index (κ2) is 9.99. The minimum atomic E-state index is -0.223. The maximum Gasteiger partial charge on any atom is 0.323 e. The van der Waals surface area contributed by atoms with Gasteiger partial charge in [0.05, 0.1) is 17.1 Å². The molecule has 0 bridgehead atoms. The van der Waals surface area contributed by atoms with Crippen LogP contribution in [0.5, 0.6) is 0 Å². The lowest BCUT2D eigenvalue weighted by atomic mass is 10.1. The number of aromatic nitrogens is 2. The Labute approximate surface area is 191 Å². The molecule has 4 rings (SSSR count). The highest BCUT2D eigenvalue weighted by Crippen LogP contribution is 2.19. The fraction of sp³-hybridized carbons (Fsp3) is 0.192. The Hall–Kier alpha value is -4.13. The summed E-state index contributed by atoms with van der Waals surface area (Å²) in [6, 6.07) is 22.1. The van der Waals surface area contributed by atoms with E-state index in [1.54, 1.807) is 12.1 Å². The van der Waals surface area contributed by atoms with Gasteiger partial charge in [0.25, 0.3) is 5.91 Å². The maximum absolute atomic E-state index is 12.4. The van der Waals surface area contributed by atoms with Crippen LogP contribution in [0.4, 0.5) is 5.69 Å². The van der Waals surface area contributed by atoms with Crippen molar-refractivity contribution in [3.63, 3.8) is 0 Å². The van der Waals surface area contributed by atoms with Crippen molar-refractivity contribution < 1.29 is 9.59 Å². The van der Waals surface area contributed by atoms with Crippen LogP contribution in [0, 0.1) is 0 Å². The molecule has 0 radical (unpaired) electrons. The summed E-state index contributed by atoms with van der Waals surface area (Å²) in [5.41, 5.74) is 4.58. The first-order valence-corrected chi connectivity index (χ1v) is 10.9. The van der Waals surface area contributed by atoms with E-state index in [-0.39, 0.29) is 23.5 Å². The normalized spacial score (nSPS) is 11.8. The van der Waals surface area contributed by atoms with Crippen molar-refractivity contribution in [2.45, 2.75) is 32.2 Å². The second-order valence-electron chi connectivity index (χ2n) is 8.05. The lowest BCUT2D eigenvalue weighted by Crippen LogP contribution is -2.26. The number of anilines is 1. The number of carbonyl (C=O) groups is 2. The molecule has 7 nitrogen and oxygen atoms in total. The first-order valence-electron chi connectivity index (χ1n) is 10.9. The lowest BCUT2D eigenvalue weighted by Gasteiger charge is -2.16. The van der Waals surface area contributed by atoms with Gasteiger partial charge < -0.3 is 20.6 Å². The molecule has 0 saturated heterocycles. The van der Waals surface area contributed by atoms with Crippen molar-refractivity contribution in [2.75, 3.05) is 5.32 Å². The summed E-state index contributed by atoms with van der Waals surface area (Å²) in [5.74, 6) is -0.205. The molecule has 4 aromatic rings. The van der Waals surface area contributed by atoms with Crippen molar-refractivity contribution in [3.05, 3.63) is 100.0 Å². The molecule has 1 aromatic heterocycles. The average Bonchev–Trinajstić information content (AvgIpc) is 3.19. The molecule has 1 atom stereocenters. The number of hydrogen-bond donors (Lipinski definition) is 4. The topological polar surface area (TPSA) is 107 Å². The predicted octanol–water partition coefficient (Wildman–Crippen LogP) is 4.31. The number of amides is 2. The highest BCUT2D eigenvalue weighted by molar-refractivity contribution is 6.04. The number of carbonyl (C=O) groups excluding carboxylic acids is 2. The van der Waals surface area contributed by atoms with Crippen LogP contribution < -0.4 is 16.3 Å². The quantitative estimate of drug-likeness (QED) is 0.327. The van der Waals surface area contributed by atoms with Crippen molar-refractivity contribution in [2.24, 2.45) is 0 Å². The number of benzene rings is 3. The predicted molar refractivity (Wildman–Crippen MR) is 129 cm³/mol. The van der Waals surface area contributed by atoms with E-state index in [9.17, 15) is 14.4 Å². The number of imidazole rings is 1. The molecule has 7 heteroatoms. The number of nitrogens with one attached hydrogen (secondary N) is 4. The van der Waals surface area contributed by atoms with E-state index in [0.29, 0.717) is 24.1 Å². The number of hydrogen-bond acceptors (Lipinski definition) is 3. The van der Waals surface area contributed by atoms with Crippen LogP contribution in [-0.2, 0) is 11.2 Å². The summed E-state index contributed by atoms with van der Waals surface area (Å²) in [4.78, 5) is 41.7. The van der Waals surface area contributed by atoms with Gasteiger partial charge in [0.15, 0.2) is 0 Å². The fourth-order valence-corrected chi connectivity index (χ4v) is 3.76. The van der Waals surface area contributed by atoms with Gasteiger partial charge in [-0.15, -0.1) is 0 Å². The van der Waals surface area contributed by atoms with E-state index in [4.69, 9.17) is 0 Å². The first kappa shape index (κ1) is 22.1. The Balaban J connectivity index is 1.28. The average molecular weight is 443 g/mol. The molecular weight excluding hydrogens is 416 g/mol. The molecule has 1 heterocycles. The van der Waals surface area contributed by atoms with Crippen LogP contribution >= 0.6 is 0 Å². The molecule has 0 spiro atoms. The minimum Gasteiger partial charge on any atom is -0.350 e. The summed E-state index contributed by atoms with van der Waals surface area (Å²) >= 11 is 0. The third-order valence-electron chi connectivity index (χ3n) is 5.51. The largest absolute Gasteiger partial charge is 0.350 e. The third kappa shape index (κ3) is 5.77. The number of aryl methyl sites for hydroxylation is 1. The highest BCUT2D eigenvalue weighted by Gasteiger charge is 2.12. The van der Waals surface area contributed by atoms with Gasteiger partial charge in [-0.2, -0.15) is 0 Å². The zero-order chi connectivity index (χ0) is 23.2. The number of H-pyrrole nitrogens is 2. The Bertz CT molecular complexity index is 1320. The van der Waals surface area contributed by atoms with E-state index in [1.807, 2.05) is 67.6 Å². The molecule has 0 aliphatic heterocycles. The van der Waals surface area contributed by atoms with Gasteiger partial charge in [0.2, 0.25) is 5.91 Å². The number of fused-ring (bicyclic) bond motifs is 1. The zero-order valence-corrected chi connectivity index (χ0v) is 18.4. The number of aromatic amines is 2. The van der Waals surface area contributed by atoms with Gasteiger partial charge in [0, 0.05) is 17.7 Å². The van der Waals surface area contributed by atoms with Crippen molar-refractivity contribution >= 4 is 28.5 Å². The molecular formula is C26H26N4O3. The van der Waals surface area contributed by atoms with E-state index >= 15 is 0 Å². The Morgan fingerprint density at radius 3 is 2.52 bits per heavy atom. The van der Waals surface area contributed by atoms with Crippen molar-refractivity contribution in [1.29, 1.82) is 0 Å². The van der Waals surface area contributed by atoms with Crippen LogP contribution in [0.1, 0.15) is 47.3 Å². The Morgan fingerprint density at radius 2 is 1.70 bits per heavy atom. The Morgan fingerprint density at radius 1 is 0.909 bits per heavy atom. The zero-order valence-electron chi connectivity index (χ0n) is 18.4. The lowest BCUT2D eigenvalue weighted by molar-refractivity contribution is -0.121. The molecule has 2 amide bonds. The molecule has 0 aliphatic rings. The standard InChI is InChI=1S/C26H26N4O3/c1-17(20-10-6-11-21(16-20)28-25(32)19-8-3-2-4-9-19)27-24(31)12-5-7-18-13-14-22-23(15-18)30-26(33)29-22/h2-4,6,8-11,13-17H,5,7,12H2,1H3,(H,27,31)(H,28,32)(H2,29,30,33).